The zero-order valence-corrected chi connectivity index (χ0v) is 10.3. The molecule has 3 N–H and O–H groups in total. The molecule has 0 amide bonds. The maximum absolute atomic E-state index is 12.7. The number of nitrogen functional groups attached to an aromatic ring is 1. The summed E-state index contributed by atoms with van der Waals surface area (Å²) in [5.74, 6) is 5.71. The van der Waals surface area contributed by atoms with E-state index in [4.69, 9.17) is 5.84 Å². The molecular formula is C13H11F3N4. The van der Waals surface area contributed by atoms with Crippen molar-refractivity contribution in [2.24, 2.45) is 5.84 Å². The van der Waals surface area contributed by atoms with Crippen molar-refractivity contribution in [2.75, 3.05) is 5.43 Å². The maximum Gasteiger partial charge on any atom is 0.416 e. The zero-order valence-electron chi connectivity index (χ0n) is 10.3. The summed E-state index contributed by atoms with van der Waals surface area (Å²) in [6.45, 7) is 0. The summed E-state index contributed by atoms with van der Waals surface area (Å²) < 4.78 is 38.1. The van der Waals surface area contributed by atoms with Gasteiger partial charge in [0.2, 0.25) is 0 Å². The van der Waals surface area contributed by atoms with Crippen LogP contribution in [0.3, 0.4) is 0 Å². The zero-order chi connectivity index (χ0) is 14.3. The van der Waals surface area contributed by atoms with Crippen LogP contribution < -0.4 is 11.3 Å². The van der Waals surface area contributed by atoms with Crippen molar-refractivity contribution in [3.05, 3.63) is 41.0 Å². The number of hydrogen-bond donors (Lipinski definition) is 2. The van der Waals surface area contributed by atoms with Gasteiger partial charge in [-0.2, -0.15) is 13.2 Å². The van der Waals surface area contributed by atoms with Gasteiger partial charge >= 0.3 is 6.18 Å². The molecule has 1 aliphatic rings. The van der Waals surface area contributed by atoms with Crippen molar-refractivity contribution in [1.82, 2.24) is 10.2 Å². The van der Waals surface area contributed by atoms with Crippen LogP contribution in [-0.4, -0.2) is 10.2 Å². The highest BCUT2D eigenvalue weighted by molar-refractivity contribution is 5.70. The van der Waals surface area contributed by atoms with Crippen LogP contribution in [0.5, 0.6) is 0 Å². The first kappa shape index (κ1) is 12.9. The predicted molar refractivity (Wildman–Crippen MR) is 67.7 cm³/mol. The van der Waals surface area contributed by atoms with Gasteiger partial charge in [0.15, 0.2) is 5.82 Å². The molecule has 0 saturated heterocycles. The summed E-state index contributed by atoms with van der Waals surface area (Å²) in [6.07, 6.45) is -3.16. The van der Waals surface area contributed by atoms with Gasteiger partial charge in [-0.1, -0.05) is 6.07 Å². The standard InChI is InChI=1S/C13H11F3N4/c14-13(15,16)9-3-4-10-7(5-9)1-2-8-6-11(18-17)19-20-12(8)10/h3-6H,1-2,17H2,(H,18,19). The number of hydrazine groups is 1. The fraction of sp³-hybridized carbons (Fsp3) is 0.231. The molecule has 1 heterocycles. The van der Waals surface area contributed by atoms with Gasteiger partial charge in [0.1, 0.15) is 0 Å². The van der Waals surface area contributed by atoms with Crippen LogP contribution in [0, 0.1) is 0 Å². The van der Waals surface area contributed by atoms with Crippen LogP contribution in [0.15, 0.2) is 24.3 Å². The second-order valence-corrected chi connectivity index (χ2v) is 4.62. The number of benzene rings is 1. The van der Waals surface area contributed by atoms with Crippen molar-refractivity contribution in [3.8, 4) is 11.3 Å². The minimum absolute atomic E-state index is 0.444. The van der Waals surface area contributed by atoms with Crippen LogP contribution in [0.25, 0.3) is 11.3 Å². The molecule has 1 aromatic heterocycles. The fourth-order valence-electron chi connectivity index (χ4n) is 2.40. The van der Waals surface area contributed by atoms with Gasteiger partial charge in [-0.05, 0) is 42.2 Å². The predicted octanol–water partition coefficient (Wildman–Crippen LogP) is 2.55. The number of halogens is 3. The Morgan fingerprint density at radius 1 is 1.05 bits per heavy atom. The average Bonchev–Trinajstić information content (AvgIpc) is 2.44. The normalized spacial score (nSPS) is 13.6. The van der Waals surface area contributed by atoms with Crippen molar-refractivity contribution in [2.45, 2.75) is 19.0 Å². The molecule has 0 radical (unpaired) electrons. The number of hydrogen-bond acceptors (Lipinski definition) is 4. The average molecular weight is 280 g/mol. The number of nitrogens with one attached hydrogen (secondary N) is 1. The number of alkyl halides is 3. The van der Waals surface area contributed by atoms with E-state index in [0.29, 0.717) is 35.5 Å². The lowest BCUT2D eigenvalue weighted by molar-refractivity contribution is -0.137. The summed E-state index contributed by atoms with van der Waals surface area (Å²) >= 11 is 0. The topological polar surface area (TPSA) is 63.8 Å². The van der Waals surface area contributed by atoms with E-state index in [-0.39, 0.29) is 0 Å². The van der Waals surface area contributed by atoms with Crippen LogP contribution in [0.1, 0.15) is 16.7 Å². The molecule has 4 nitrogen and oxygen atoms in total. The monoisotopic (exact) mass is 280 g/mol. The van der Waals surface area contributed by atoms with Gasteiger partial charge in [0.25, 0.3) is 0 Å². The van der Waals surface area contributed by atoms with E-state index in [9.17, 15) is 13.2 Å². The highest BCUT2D eigenvalue weighted by atomic mass is 19.4. The Labute approximate surface area is 112 Å². The molecule has 0 aliphatic heterocycles. The summed E-state index contributed by atoms with van der Waals surface area (Å²) in [7, 11) is 0. The Bertz CT molecular complexity index is 667. The Morgan fingerprint density at radius 3 is 2.50 bits per heavy atom. The number of aromatic nitrogens is 2. The number of fused-ring (bicyclic) bond motifs is 3. The van der Waals surface area contributed by atoms with Gasteiger partial charge in [0.05, 0.1) is 11.3 Å². The molecular weight excluding hydrogens is 269 g/mol. The minimum Gasteiger partial charge on any atom is -0.307 e. The molecule has 20 heavy (non-hydrogen) atoms. The van der Waals surface area contributed by atoms with E-state index in [2.05, 4.69) is 15.6 Å². The largest absolute Gasteiger partial charge is 0.416 e. The summed E-state index contributed by atoms with van der Waals surface area (Å²) in [5.41, 5.74) is 4.68. The highest BCUT2D eigenvalue weighted by Crippen LogP contribution is 2.36. The molecule has 0 saturated carbocycles. The molecule has 3 rings (SSSR count). The molecule has 0 spiro atoms. The SMILES string of the molecule is NNc1cc2c(nn1)-c1ccc(C(F)(F)F)cc1CC2. The molecule has 104 valence electrons. The van der Waals surface area contributed by atoms with Crippen molar-refractivity contribution < 1.29 is 13.2 Å². The first-order valence-corrected chi connectivity index (χ1v) is 6.03. The smallest absolute Gasteiger partial charge is 0.307 e. The summed E-state index contributed by atoms with van der Waals surface area (Å²) in [6, 6.07) is 5.49. The first-order valence-electron chi connectivity index (χ1n) is 6.03. The molecule has 0 atom stereocenters. The lowest BCUT2D eigenvalue weighted by Crippen LogP contribution is -2.14. The van der Waals surface area contributed by atoms with E-state index in [1.54, 1.807) is 6.07 Å². The van der Waals surface area contributed by atoms with Gasteiger partial charge in [-0.15, -0.1) is 10.2 Å². The van der Waals surface area contributed by atoms with Crippen LogP contribution in [0.4, 0.5) is 19.0 Å². The number of nitrogens with zero attached hydrogens (tertiary/aromatic N) is 2. The Hall–Kier alpha value is -2.15. The van der Waals surface area contributed by atoms with Crippen molar-refractivity contribution in [1.29, 1.82) is 0 Å². The van der Waals surface area contributed by atoms with Gasteiger partial charge in [-0.25, -0.2) is 5.84 Å². The molecule has 0 unspecified atom stereocenters. The van der Waals surface area contributed by atoms with Gasteiger partial charge in [0, 0.05) is 5.56 Å². The quantitative estimate of drug-likeness (QED) is 0.622. The molecule has 0 bridgehead atoms. The van der Waals surface area contributed by atoms with Crippen LogP contribution in [0.2, 0.25) is 0 Å². The molecule has 1 aromatic carbocycles. The lowest BCUT2D eigenvalue weighted by atomic mass is 9.88. The van der Waals surface area contributed by atoms with E-state index >= 15 is 0 Å². The summed E-state index contributed by atoms with van der Waals surface area (Å²) in [5, 5.41) is 7.92. The number of anilines is 1. The minimum atomic E-state index is -4.33. The van der Waals surface area contributed by atoms with Gasteiger partial charge in [-0.3, -0.25) is 0 Å². The lowest BCUT2D eigenvalue weighted by Gasteiger charge is -2.20. The van der Waals surface area contributed by atoms with E-state index in [1.807, 2.05) is 0 Å². The Morgan fingerprint density at radius 2 is 1.80 bits per heavy atom. The molecule has 0 fully saturated rings. The molecule has 1 aliphatic carbocycles. The van der Waals surface area contributed by atoms with Crippen molar-refractivity contribution in [3.63, 3.8) is 0 Å². The fourth-order valence-corrected chi connectivity index (χ4v) is 2.40. The third kappa shape index (κ3) is 2.09. The molecule has 7 heteroatoms. The van der Waals surface area contributed by atoms with Crippen LogP contribution >= 0.6 is 0 Å². The highest BCUT2D eigenvalue weighted by Gasteiger charge is 2.32. The third-order valence-electron chi connectivity index (χ3n) is 3.37. The summed E-state index contributed by atoms with van der Waals surface area (Å²) in [4.78, 5) is 0. The van der Waals surface area contributed by atoms with E-state index in [1.165, 1.54) is 12.1 Å². The van der Waals surface area contributed by atoms with E-state index in [0.717, 1.165) is 11.6 Å². The van der Waals surface area contributed by atoms with E-state index < -0.39 is 11.7 Å². The maximum atomic E-state index is 12.7. The van der Waals surface area contributed by atoms with Gasteiger partial charge < -0.3 is 5.43 Å². The number of rotatable bonds is 1. The third-order valence-corrected chi connectivity index (χ3v) is 3.37. The second-order valence-electron chi connectivity index (χ2n) is 4.62. The first-order chi connectivity index (χ1) is 9.49. The Kier molecular flexibility index (Phi) is 2.86. The Balaban J connectivity index is 2.09. The molecule has 2 aromatic rings. The van der Waals surface area contributed by atoms with Crippen LogP contribution in [-0.2, 0) is 19.0 Å². The number of aryl methyl sites for hydroxylation is 2. The number of nitrogens with two attached hydrogens (primary N) is 1. The second kappa shape index (κ2) is 4.45. The van der Waals surface area contributed by atoms with Crippen molar-refractivity contribution >= 4 is 5.82 Å².